The van der Waals surface area contributed by atoms with E-state index in [2.05, 4.69) is 38.8 Å². The van der Waals surface area contributed by atoms with Gasteiger partial charge in [-0.3, -0.25) is 15.2 Å². The van der Waals surface area contributed by atoms with Gasteiger partial charge in [-0.25, -0.2) is 0 Å². The van der Waals surface area contributed by atoms with Crippen molar-refractivity contribution in [2.75, 3.05) is 16.9 Å². The number of hydrogen-bond donors (Lipinski definition) is 2. The molecule has 2 fully saturated rings. The minimum absolute atomic E-state index is 0.0896. The summed E-state index contributed by atoms with van der Waals surface area (Å²) in [5.74, 6) is 0.0896. The quantitative estimate of drug-likeness (QED) is 0.898. The first-order valence-electron chi connectivity index (χ1n) is 6.85. The van der Waals surface area contributed by atoms with E-state index in [0.29, 0.717) is 12.5 Å². The average molecular weight is 324 g/mol. The Balaban J connectivity index is 1.83. The van der Waals surface area contributed by atoms with Crippen molar-refractivity contribution in [3.63, 3.8) is 0 Å². The second-order valence-corrected chi connectivity index (χ2v) is 6.14. The Morgan fingerprint density at radius 2 is 2.11 bits per heavy atom. The average Bonchev–Trinajstić information content (AvgIpc) is 3.03. The van der Waals surface area contributed by atoms with Crippen molar-refractivity contribution >= 4 is 33.2 Å². The number of rotatable bonds is 3. The van der Waals surface area contributed by atoms with Gasteiger partial charge in [-0.2, -0.15) is 0 Å². The number of hydrogen-bond acceptors (Lipinski definition) is 3. The molecule has 1 heterocycles. The number of amides is 1. The molecule has 0 spiro atoms. The highest BCUT2D eigenvalue weighted by atomic mass is 79.9. The second kappa shape index (κ2) is 5.41. The number of nitrogens with zero attached hydrogens (tertiary/aromatic N) is 1. The smallest absolute Gasteiger partial charge is 0.240 e. The van der Waals surface area contributed by atoms with Crippen molar-refractivity contribution in [1.29, 1.82) is 0 Å². The molecule has 1 amide bonds. The maximum atomic E-state index is 11.4. The molecule has 1 saturated heterocycles. The van der Waals surface area contributed by atoms with Crippen LogP contribution in [0.15, 0.2) is 22.7 Å². The lowest BCUT2D eigenvalue weighted by Crippen LogP contribution is -2.34. The molecule has 1 aliphatic heterocycles. The van der Waals surface area contributed by atoms with Crippen LogP contribution in [0.3, 0.4) is 0 Å². The molecule has 19 heavy (non-hydrogen) atoms. The Bertz CT molecular complexity index is 486. The summed E-state index contributed by atoms with van der Waals surface area (Å²) in [6, 6.07) is 6.75. The lowest BCUT2D eigenvalue weighted by atomic mass is 10.2. The predicted molar refractivity (Wildman–Crippen MR) is 80.1 cm³/mol. The van der Waals surface area contributed by atoms with Crippen LogP contribution in [0, 0.1) is 0 Å². The fourth-order valence-corrected chi connectivity index (χ4v) is 3.15. The van der Waals surface area contributed by atoms with Crippen LogP contribution in [0.2, 0.25) is 0 Å². The third-order valence-electron chi connectivity index (χ3n) is 3.79. The molecule has 3 rings (SSSR count). The van der Waals surface area contributed by atoms with E-state index in [4.69, 9.17) is 0 Å². The number of nitrogens with one attached hydrogen (secondary N) is 2. The predicted octanol–water partition coefficient (Wildman–Crippen LogP) is 3.04. The molecule has 1 aromatic carbocycles. The SMILES string of the molecule is O=C1CCN(c2cc(Br)ccc2NC2CCCC2)N1. The van der Waals surface area contributed by atoms with Crippen molar-refractivity contribution in [1.82, 2.24) is 5.43 Å². The molecule has 1 aromatic rings. The fourth-order valence-electron chi connectivity index (χ4n) is 2.80. The van der Waals surface area contributed by atoms with Gasteiger partial charge in [0.05, 0.1) is 11.4 Å². The Morgan fingerprint density at radius 1 is 1.32 bits per heavy atom. The van der Waals surface area contributed by atoms with Crippen LogP contribution in [-0.4, -0.2) is 18.5 Å². The van der Waals surface area contributed by atoms with E-state index >= 15 is 0 Å². The zero-order valence-corrected chi connectivity index (χ0v) is 12.4. The van der Waals surface area contributed by atoms with Gasteiger partial charge in [0.15, 0.2) is 0 Å². The highest BCUT2D eigenvalue weighted by molar-refractivity contribution is 9.10. The van der Waals surface area contributed by atoms with Crippen molar-refractivity contribution in [2.45, 2.75) is 38.1 Å². The minimum atomic E-state index is 0.0896. The van der Waals surface area contributed by atoms with Crippen molar-refractivity contribution < 1.29 is 4.79 Å². The molecule has 0 aromatic heterocycles. The summed E-state index contributed by atoms with van der Waals surface area (Å²) in [6.45, 7) is 0.731. The maximum Gasteiger partial charge on any atom is 0.240 e. The number of carbonyl (C=O) groups is 1. The highest BCUT2D eigenvalue weighted by Gasteiger charge is 2.23. The van der Waals surface area contributed by atoms with E-state index in [-0.39, 0.29) is 5.91 Å². The summed E-state index contributed by atoms with van der Waals surface area (Å²) >= 11 is 3.50. The molecule has 2 aliphatic rings. The van der Waals surface area contributed by atoms with Gasteiger partial charge >= 0.3 is 0 Å². The molecule has 1 saturated carbocycles. The van der Waals surface area contributed by atoms with Gasteiger partial charge in [0.25, 0.3) is 0 Å². The number of anilines is 2. The summed E-state index contributed by atoms with van der Waals surface area (Å²) in [6.07, 6.45) is 5.66. The van der Waals surface area contributed by atoms with Crippen LogP contribution in [0.25, 0.3) is 0 Å². The lowest BCUT2D eigenvalue weighted by molar-refractivity contribution is -0.119. The van der Waals surface area contributed by atoms with Gasteiger partial charge in [0.1, 0.15) is 0 Å². The van der Waals surface area contributed by atoms with E-state index in [0.717, 1.165) is 22.4 Å². The number of hydrazine groups is 1. The molecule has 4 nitrogen and oxygen atoms in total. The van der Waals surface area contributed by atoms with Crippen molar-refractivity contribution in [2.24, 2.45) is 0 Å². The highest BCUT2D eigenvalue weighted by Crippen LogP contribution is 2.32. The summed E-state index contributed by atoms with van der Waals surface area (Å²) in [5, 5.41) is 5.55. The molecule has 5 heteroatoms. The zero-order chi connectivity index (χ0) is 13.2. The van der Waals surface area contributed by atoms with Crippen LogP contribution in [0.5, 0.6) is 0 Å². The minimum Gasteiger partial charge on any atom is -0.381 e. The van der Waals surface area contributed by atoms with Crippen LogP contribution >= 0.6 is 15.9 Å². The fraction of sp³-hybridized carbons (Fsp3) is 0.500. The second-order valence-electron chi connectivity index (χ2n) is 5.22. The number of benzene rings is 1. The van der Waals surface area contributed by atoms with E-state index < -0.39 is 0 Å². The Kier molecular flexibility index (Phi) is 3.64. The summed E-state index contributed by atoms with van der Waals surface area (Å²) < 4.78 is 1.03. The molecular formula is C14H18BrN3O. The van der Waals surface area contributed by atoms with Crippen LogP contribution < -0.4 is 15.8 Å². The molecule has 0 atom stereocenters. The first kappa shape index (κ1) is 12.8. The molecule has 2 N–H and O–H groups in total. The first-order chi connectivity index (χ1) is 9.22. The lowest BCUT2D eigenvalue weighted by Gasteiger charge is -2.24. The van der Waals surface area contributed by atoms with E-state index in [1.807, 2.05) is 11.1 Å². The van der Waals surface area contributed by atoms with Crippen LogP contribution in [0.1, 0.15) is 32.1 Å². The molecule has 102 valence electrons. The van der Waals surface area contributed by atoms with Gasteiger partial charge in [-0.15, -0.1) is 0 Å². The van der Waals surface area contributed by atoms with Gasteiger partial charge in [0, 0.05) is 23.5 Å². The van der Waals surface area contributed by atoms with Gasteiger partial charge in [-0.1, -0.05) is 28.8 Å². The maximum absolute atomic E-state index is 11.4. The van der Waals surface area contributed by atoms with Gasteiger partial charge in [-0.05, 0) is 31.0 Å². The monoisotopic (exact) mass is 323 g/mol. The van der Waals surface area contributed by atoms with Crippen LogP contribution in [0.4, 0.5) is 11.4 Å². The molecule has 1 aliphatic carbocycles. The van der Waals surface area contributed by atoms with Gasteiger partial charge < -0.3 is 5.32 Å². The zero-order valence-electron chi connectivity index (χ0n) is 10.8. The van der Waals surface area contributed by atoms with E-state index in [1.165, 1.54) is 25.7 Å². The molecule has 0 unspecified atom stereocenters. The van der Waals surface area contributed by atoms with Crippen molar-refractivity contribution in [3.8, 4) is 0 Å². The number of carbonyl (C=O) groups excluding carboxylic acids is 1. The van der Waals surface area contributed by atoms with Crippen molar-refractivity contribution in [3.05, 3.63) is 22.7 Å². The number of halogens is 1. The summed E-state index contributed by atoms with van der Waals surface area (Å²) in [4.78, 5) is 11.4. The topological polar surface area (TPSA) is 44.4 Å². The summed E-state index contributed by atoms with van der Waals surface area (Å²) in [5.41, 5.74) is 5.05. The van der Waals surface area contributed by atoms with E-state index in [1.54, 1.807) is 0 Å². The molecule has 0 radical (unpaired) electrons. The molecule has 0 bridgehead atoms. The Morgan fingerprint density at radius 3 is 2.79 bits per heavy atom. The molecular weight excluding hydrogens is 306 g/mol. The Labute approximate surface area is 121 Å². The Hall–Kier alpha value is -1.23. The first-order valence-corrected chi connectivity index (χ1v) is 7.65. The normalized spacial score (nSPS) is 19.8. The third-order valence-corrected chi connectivity index (χ3v) is 4.28. The largest absolute Gasteiger partial charge is 0.381 e. The van der Waals surface area contributed by atoms with Crippen LogP contribution in [-0.2, 0) is 4.79 Å². The standard InChI is InChI=1S/C14H18BrN3O/c15-10-5-6-12(16-11-3-1-2-4-11)13(9-10)18-8-7-14(19)17-18/h5-6,9,11,16H,1-4,7-8H2,(H,17,19). The van der Waals surface area contributed by atoms with E-state index in [9.17, 15) is 4.79 Å². The summed E-state index contributed by atoms with van der Waals surface area (Å²) in [7, 11) is 0. The third kappa shape index (κ3) is 2.86. The van der Waals surface area contributed by atoms with Gasteiger partial charge in [0.2, 0.25) is 5.91 Å².